The zero-order chi connectivity index (χ0) is 13.7. The van der Waals surface area contributed by atoms with Crippen molar-refractivity contribution in [2.75, 3.05) is 20.3 Å². The lowest BCUT2D eigenvalue weighted by Crippen LogP contribution is -2.22. The summed E-state index contributed by atoms with van der Waals surface area (Å²) >= 11 is 0. The molecule has 104 valence electrons. The van der Waals surface area contributed by atoms with Gasteiger partial charge < -0.3 is 14.5 Å². The van der Waals surface area contributed by atoms with E-state index in [0.717, 1.165) is 30.5 Å². The van der Waals surface area contributed by atoms with Crippen LogP contribution in [0.4, 0.5) is 4.39 Å². The SMILES string of the molecule is CCCNC(CCOC)c1cc2cccc(F)c2o1. The van der Waals surface area contributed by atoms with E-state index in [9.17, 15) is 4.39 Å². The van der Waals surface area contributed by atoms with Gasteiger partial charge in [-0.2, -0.15) is 0 Å². The number of methoxy groups -OCH3 is 1. The van der Waals surface area contributed by atoms with Crippen LogP contribution in [0.1, 0.15) is 31.6 Å². The number of ether oxygens (including phenoxy) is 1. The van der Waals surface area contributed by atoms with Gasteiger partial charge in [-0.1, -0.05) is 19.1 Å². The van der Waals surface area contributed by atoms with E-state index in [2.05, 4.69) is 12.2 Å². The zero-order valence-corrected chi connectivity index (χ0v) is 11.4. The van der Waals surface area contributed by atoms with E-state index in [1.54, 1.807) is 13.2 Å². The predicted octanol–water partition coefficient (Wildman–Crippen LogP) is 3.65. The Morgan fingerprint density at radius 2 is 2.26 bits per heavy atom. The highest BCUT2D eigenvalue weighted by atomic mass is 19.1. The van der Waals surface area contributed by atoms with Crippen molar-refractivity contribution in [1.82, 2.24) is 5.32 Å². The Hall–Kier alpha value is -1.39. The molecule has 0 aliphatic rings. The van der Waals surface area contributed by atoms with Crippen LogP contribution < -0.4 is 5.32 Å². The van der Waals surface area contributed by atoms with Gasteiger partial charge in [-0.25, -0.2) is 4.39 Å². The molecule has 0 fully saturated rings. The molecule has 0 aliphatic carbocycles. The molecule has 2 rings (SSSR count). The number of halogens is 1. The minimum atomic E-state index is -0.315. The van der Waals surface area contributed by atoms with Gasteiger partial charge in [0.25, 0.3) is 0 Å². The maximum absolute atomic E-state index is 13.6. The number of rotatable bonds is 7. The predicted molar refractivity (Wildman–Crippen MR) is 73.7 cm³/mol. The fourth-order valence-electron chi connectivity index (χ4n) is 2.12. The van der Waals surface area contributed by atoms with E-state index >= 15 is 0 Å². The van der Waals surface area contributed by atoms with Gasteiger partial charge in [-0.15, -0.1) is 0 Å². The summed E-state index contributed by atoms with van der Waals surface area (Å²) in [6.45, 7) is 3.65. The number of hydrogen-bond donors (Lipinski definition) is 1. The Kier molecular flexibility index (Phi) is 4.93. The van der Waals surface area contributed by atoms with Crippen LogP contribution in [0.5, 0.6) is 0 Å². The molecule has 0 amide bonds. The first-order valence-corrected chi connectivity index (χ1v) is 6.66. The molecule has 1 aromatic carbocycles. The van der Waals surface area contributed by atoms with Crippen LogP contribution in [0.3, 0.4) is 0 Å². The summed E-state index contributed by atoms with van der Waals surface area (Å²) in [4.78, 5) is 0. The van der Waals surface area contributed by atoms with Gasteiger partial charge in [-0.05, 0) is 31.5 Å². The van der Waals surface area contributed by atoms with E-state index in [1.807, 2.05) is 12.1 Å². The van der Waals surface area contributed by atoms with Crippen molar-refractivity contribution < 1.29 is 13.5 Å². The van der Waals surface area contributed by atoms with Crippen molar-refractivity contribution in [3.63, 3.8) is 0 Å². The monoisotopic (exact) mass is 265 g/mol. The van der Waals surface area contributed by atoms with Gasteiger partial charge in [0.15, 0.2) is 11.4 Å². The standard InChI is InChI=1S/C15H20FNO2/c1-3-8-17-13(7-9-18-2)14-10-11-5-4-6-12(16)15(11)19-14/h4-6,10,13,17H,3,7-9H2,1-2H3. The molecule has 1 unspecified atom stereocenters. The number of hydrogen-bond acceptors (Lipinski definition) is 3. The Balaban J connectivity index is 2.24. The lowest BCUT2D eigenvalue weighted by atomic mass is 10.1. The number of furan rings is 1. The van der Waals surface area contributed by atoms with Crippen LogP contribution in [0.25, 0.3) is 11.0 Å². The molecule has 0 aliphatic heterocycles. The number of nitrogens with one attached hydrogen (secondary N) is 1. The van der Waals surface area contributed by atoms with Gasteiger partial charge >= 0.3 is 0 Å². The van der Waals surface area contributed by atoms with Crippen molar-refractivity contribution in [1.29, 1.82) is 0 Å². The summed E-state index contributed by atoms with van der Waals surface area (Å²) in [6, 6.07) is 6.94. The molecule has 1 heterocycles. The van der Waals surface area contributed by atoms with Gasteiger partial charge in [0.2, 0.25) is 0 Å². The maximum Gasteiger partial charge on any atom is 0.169 e. The molecule has 0 saturated heterocycles. The number of para-hydroxylation sites is 1. The summed E-state index contributed by atoms with van der Waals surface area (Å²) in [6.07, 6.45) is 1.84. The Bertz CT molecular complexity index is 516. The third-order valence-electron chi connectivity index (χ3n) is 3.11. The highest BCUT2D eigenvalue weighted by molar-refractivity contribution is 5.78. The summed E-state index contributed by atoms with van der Waals surface area (Å²) in [5.74, 6) is 0.454. The summed E-state index contributed by atoms with van der Waals surface area (Å²) in [5.41, 5.74) is 0.332. The van der Waals surface area contributed by atoms with Crippen molar-refractivity contribution in [3.8, 4) is 0 Å². The first-order valence-electron chi connectivity index (χ1n) is 6.66. The molecule has 0 radical (unpaired) electrons. The Morgan fingerprint density at radius 3 is 2.95 bits per heavy atom. The molecule has 0 bridgehead atoms. The molecular weight excluding hydrogens is 245 g/mol. The second kappa shape index (κ2) is 6.68. The fraction of sp³-hybridized carbons (Fsp3) is 0.467. The average Bonchev–Trinajstić information content (AvgIpc) is 2.84. The van der Waals surface area contributed by atoms with Gasteiger partial charge in [0, 0.05) is 19.1 Å². The first-order chi connectivity index (χ1) is 9.26. The summed E-state index contributed by atoms with van der Waals surface area (Å²) < 4.78 is 24.4. The normalized spacial score (nSPS) is 13.0. The fourth-order valence-corrected chi connectivity index (χ4v) is 2.12. The maximum atomic E-state index is 13.6. The molecule has 4 heteroatoms. The second-order valence-corrected chi connectivity index (χ2v) is 4.60. The zero-order valence-electron chi connectivity index (χ0n) is 11.4. The quantitative estimate of drug-likeness (QED) is 0.829. The van der Waals surface area contributed by atoms with E-state index < -0.39 is 0 Å². The summed E-state index contributed by atoms with van der Waals surface area (Å²) in [5, 5.41) is 4.21. The molecule has 0 spiro atoms. The van der Waals surface area contributed by atoms with Crippen LogP contribution in [0.15, 0.2) is 28.7 Å². The van der Waals surface area contributed by atoms with E-state index in [1.165, 1.54) is 6.07 Å². The van der Waals surface area contributed by atoms with E-state index in [0.29, 0.717) is 12.2 Å². The minimum Gasteiger partial charge on any atom is -0.456 e. The number of benzene rings is 1. The van der Waals surface area contributed by atoms with Crippen LogP contribution in [0.2, 0.25) is 0 Å². The van der Waals surface area contributed by atoms with Crippen molar-refractivity contribution in [3.05, 3.63) is 35.8 Å². The highest BCUT2D eigenvalue weighted by Gasteiger charge is 2.16. The second-order valence-electron chi connectivity index (χ2n) is 4.60. The molecule has 1 aromatic heterocycles. The minimum absolute atomic E-state index is 0.0618. The van der Waals surface area contributed by atoms with Crippen molar-refractivity contribution in [2.45, 2.75) is 25.8 Å². The van der Waals surface area contributed by atoms with Crippen molar-refractivity contribution >= 4 is 11.0 Å². The first kappa shape index (κ1) is 14.0. The molecule has 3 nitrogen and oxygen atoms in total. The largest absolute Gasteiger partial charge is 0.456 e. The van der Waals surface area contributed by atoms with E-state index in [4.69, 9.17) is 9.15 Å². The third kappa shape index (κ3) is 3.33. The Labute approximate surface area is 112 Å². The Morgan fingerprint density at radius 1 is 1.42 bits per heavy atom. The van der Waals surface area contributed by atoms with Crippen molar-refractivity contribution in [2.24, 2.45) is 0 Å². The molecule has 2 aromatic rings. The van der Waals surface area contributed by atoms with Gasteiger partial charge in [-0.3, -0.25) is 0 Å². The molecule has 19 heavy (non-hydrogen) atoms. The van der Waals surface area contributed by atoms with Gasteiger partial charge in [0.1, 0.15) is 5.76 Å². The lowest BCUT2D eigenvalue weighted by Gasteiger charge is -2.15. The van der Waals surface area contributed by atoms with Crippen LogP contribution in [0, 0.1) is 5.82 Å². The number of fused-ring (bicyclic) bond motifs is 1. The van der Waals surface area contributed by atoms with E-state index in [-0.39, 0.29) is 11.9 Å². The van der Waals surface area contributed by atoms with Crippen LogP contribution >= 0.6 is 0 Å². The van der Waals surface area contributed by atoms with Crippen LogP contribution in [-0.2, 0) is 4.74 Å². The molecule has 1 atom stereocenters. The molecule has 1 N–H and O–H groups in total. The summed E-state index contributed by atoms with van der Waals surface area (Å²) in [7, 11) is 1.68. The smallest absolute Gasteiger partial charge is 0.169 e. The third-order valence-corrected chi connectivity index (χ3v) is 3.11. The van der Waals surface area contributed by atoms with Gasteiger partial charge in [0.05, 0.1) is 6.04 Å². The molecular formula is C15H20FNO2. The lowest BCUT2D eigenvalue weighted by molar-refractivity contribution is 0.179. The molecule has 0 saturated carbocycles. The average molecular weight is 265 g/mol. The highest BCUT2D eigenvalue weighted by Crippen LogP contribution is 2.27. The topological polar surface area (TPSA) is 34.4 Å². The van der Waals surface area contributed by atoms with Crippen LogP contribution in [-0.4, -0.2) is 20.3 Å².